The van der Waals surface area contributed by atoms with Gasteiger partial charge in [0, 0.05) is 28.7 Å². The molecular formula is C17H15BrN4O2. The number of aromatic nitrogens is 2. The first-order valence-corrected chi connectivity index (χ1v) is 8.18. The van der Waals surface area contributed by atoms with Gasteiger partial charge in [0.2, 0.25) is 0 Å². The summed E-state index contributed by atoms with van der Waals surface area (Å²) in [7, 11) is 0. The molecule has 24 heavy (non-hydrogen) atoms. The van der Waals surface area contributed by atoms with Crippen LogP contribution in [0.3, 0.4) is 0 Å². The van der Waals surface area contributed by atoms with Gasteiger partial charge in [-0.25, -0.2) is 0 Å². The molecule has 2 N–H and O–H groups in total. The first-order chi connectivity index (χ1) is 11.7. The lowest BCUT2D eigenvalue weighted by atomic mass is 10.2. The van der Waals surface area contributed by atoms with Crippen molar-refractivity contribution in [2.45, 2.75) is 0 Å². The van der Waals surface area contributed by atoms with Crippen LogP contribution in [0.15, 0.2) is 63.6 Å². The van der Waals surface area contributed by atoms with Crippen LogP contribution in [-0.2, 0) is 0 Å². The number of nitrogens with one attached hydrogen (secondary N) is 2. The van der Waals surface area contributed by atoms with Crippen molar-refractivity contribution in [3.8, 4) is 11.5 Å². The molecule has 1 amide bonds. The summed E-state index contributed by atoms with van der Waals surface area (Å²) in [4.78, 5) is 16.2. The van der Waals surface area contributed by atoms with Crippen LogP contribution in [0.2, 0.25) is 0 Å². The Kier molecular flexibility index (Phi) is 5.22. The van der Waals surface area contributed by atoms with Crippen LogP contribution in [0, 0.1) is 0 Å². The standard InChI is InChI=1S/C17H15BrN4O2/c18-14-8-4-7-13(11-14)15(23)19-9-10-20-17-21-16(24-22-17)12-5-2-1-3-6-12/h1-8,11H,9-10H2,(H,19,23)(H,20,22). The van der Waals surface area contributed by atoms with E-state index >= 15 is 0 Å². The number of hydrogen-bond acceptors (Lipinski definition) is 5. The van der Waals surface area contributed by atoms with Gasteiger partial charge in [-0.15, -0.1) is 0 Å². The van der Waals surface area contributed by atoms with Gasteiger partial charge in [0.15, 0.2) is 0 Å². The maximum atomic E-state index is 12.0. The highest BCUT2D eigenvalue weighted by atomic mass is 79.9. The summed E-state index contributed by atoms with van der Waals surface area (Å²) in [6.45, 7) is 0.939. The van der Waals surface area contributed by atoms with Crippen LogP contribution in [-0.4, -0.2) is 29.1 Å². The molecule has 0 fully saturated rings. The second-order valence-electron chi connectivity index (χ2n) is 4.98. The highest BCUT2D eigenvalue weighted by Crippen LogP contribution is 2.17. The zero-order valence-electron chi connectivity index (χ0n) is 12.7. The highest BCUT2D eigenvalue weighted by Gasteiger charge is 2.08. The third kappa shape index (κ3) is 4.20. The van der Waals surface area contributed by atoms with Gasteiger partial charge in [0.25, 0.3) is 17.7 Å². The van der Waals surface area contributed by atoms with Crippen molar-refractivity contribution in [3.63, 3.8) is 0 Å². The van der Waals surface area contributed by atoms with Gasteiger partial charge >= 0.3 is 0 Å². The Bertz CT molecular complexity index is 820. The van der Waals surface area contributed by atoms with Gasteiger partial charge in [-0.3, -0.25) is 4.79 Å². The number of halogens is 1. The van der Waals surface area contributed by atoms with Crippen LogP contribution < -0.4 is 10.6 Å². The number of benzene rings is 2. The first-order valence-electron chi connectivity index (χ1n) is 7.39. The van der Waals surface area contributed by atoms with Gasteiger partial charge in [-0.2, -0.15) is 4.98 Å². The van der Waals surface area contributed by atoms with Crippen LogP contribution in [0.1, 0.15) is 10.4 Å². The van der Waals surface area contributed by atoms with E-state index < -0.39 is 0 Å². The summed E-state index contributed by atoms with van der Waals surface area (Å²) in [6, 6.07) is 16.8. The molecule has 0 aliphatic carbocycles. The largest absolute Gasteiger partial charge is 0.350 e. The minimum absolute atomic E-state index is 0.129. The molecule has 122 valence electrons. The quantitative estimate of drug-likeness (QED) is 0.635. The normalized spacial score (nSPS) is 10.4. The van der Waals surface area contributed by atoms with E-state index in [0.717, 1.165) is 10.0 Å². The summed E-state index contributed by atoms with van der Waals surface area (Å²) in [5.41, 5.74) is 1.47. The topological polar surface area (TPSA) is 80.0 Å². The monoisotopic (exact) mass is 386 g/mol. The second-order valence-corrected chi connectivity index (χ2v) is 5.90. The van der Waals surface area contributed by atoms with Crippen molar-refractivity contribution in [2.75, 3.05) is 18.4 Å². The zero-order chi connectivity index (χ0) is 16.8. The molecule has 0 atom stereocenters. The van der Waals surface area contributed by atoms with E-state index in [-0.39, 0.29) is 5.91 Å². The minimum Gasteiger partial charge on any atom is -0.350 e. The van der Waals surface area contributed by atoms with E-state index in [1.54, 1.807) is 12.1 Å². The molecule has 0 unspecified atom stereocenters. The van der Waals surface area contributed by atoms with Gasteiger partial charge in [-0.1, -0.05) is 40.2 Å². The Morgan fingerprint density at radius 2 is 1.92 bits per heavy atom. The molecule has 3 rings (SSSR count). The Morgan fingerprint density at radius 3 is 2.71 bits per heavy atom. The number of hydrogen-bond donors (Lipinski definition) is 2. The van der Waals surface area contributed by atoms with Crippen LogP contribution in [0.25, 0.3) is 11.5 Å². The predicted molar refractivity (Wildman–Crippen MR) is 94.7 cm³/mol. The van der Waals surface area contributed by atoms with E-state index in [1.807, 2.05) is 42.5 Å². The Hall–Kier alpha value is -2.67. The predicted octanol–water partition coefficient (Wildman–Crippen LogP) is 3.34. The van der Waals surface area contributed by atoms with Gasteiger partial charge < -0.3 is 15.2 Å². The van der Waals surface area contributed by atoms with Crippen molar-refractivity contribution in [3.05, 3.63) is 64.6 Å². The minimum atomic E-state index is -0.129. The average molecular weight is 387 g/mol. The molecule has 0 spiro atoms. The van der Waals surface area contributed by atoms with E-state index in [2.05, 4.69) is 36.7 Å². The fraction of sp³-hybridized carbons (Fsp3) is 0.118. The number of anilines is 1. The molecular weight excluding hydrogens is 372 g/mol. The number of carbonyl (C=O) groups is 1. The number of amides is 1. The maximum absolute atomic E-state index is 12.0. The molecule has 1 heterocycles. The van der Waals surface area contributed by atoms with E-state index in [4.69, 9.17) is 4.52 Å². The molecule has 1 aromatic heterocycles. The SMILES string of the molecule is O=C(NCCNc1noc(-c2ccccc2)n1)c1cccc(Br)c1. The molecule has 0 aliphatic rings. The van der Waals surface area contributed by atoms with E-state index in [0.29, 0.717) is 30.5 Å². The molecule has 2 aromatic carbocycles. The summed E-state index contributed by atoms with van der Waals surface area (Å²) in [5.74, 6) is 0.720. The van der Waals surface area contributed by atoms with Gasteiger partial charge in [0.05, 0.1) is 0 Å². The Labute approximate surface area is 147 Å². The van der Waals surface area contributed by atoms with E-state index in [1.165, 1.54) is 0 Å². The fourth-order valence-electron chi connectivity index (χ4n) is 2.08. The molecule has 0 saturated heterocycles. The first kappa shape index (κ1) is 16.2. The second kappa shape index (κ2) is 7.74. The third-order valence-corrected chi connectivity index (χ3v) is 3.72. The smallest absolute Gasteiger partial charge is 0.263 e. The lowest BCUT2D eigenvalue weighted by Crippen LogP contribution is -2.28. The molecule has 0 bridgehead atoms. The van der Waals surface area contributed by atoms with Gasteiger partial charge in [0.1, 0.15) is 0 Å². The van der Waals surface area contributed by atoms with Crippen molar-refractivity contribution in [1.82, 2.24) is 15.5 Å². The zero-order valence-corrected chi connectivity index (χ0v) is 14.3. The van der Waals surface area contributed by atoms with Crippen LogP contribution in [0.4, 0.5) is 5.95 Å². The summed E-state index contributed by atoms with van der Waals surface area (Å²) >= 11 is 3.35. The summed E-state index contributed by atoms with van der Waals surface area (Å²) in [6.07, 6.45) is 0. The van der Waals surface area contributed by atoms with Gasteiger partial charge in [-0.05, 0) is 35.5 Å². The number of carbonyl (C=O) groups excluding carboxylic acids is 1. The fourth-order valence-corrected chi connectivity index (χ4v) is 2.47. The molecule has 7 heteroatoms. The lowest BCUT2D eigenvalue weighted by Gasteiger charge is -2.05. The number of nitrogens with zero attached hydrogens (tertiary/aromatic N) is 2. The number of rotatable bonds is 6. The lowest BCUT2D eigenvalue weighted by molar-refractivity contribution is 0.0955. The van der Waals surface area contributed by atoms with Crippen molar-refractivity contribution < 1.29 is 9.32 Å². The summed E-state index contributed by atoms with van der Waals surface area (Å²) < 4.78 is 6.06. The van der Waals surface area contributed by atoms with Crippen LogP contribution in [0.5, 0.6) is 0 Å². The molecule has 0 saturated carbocycles. The highest BCUT2D eigenvalue weighted by molar-refractivity contribution is 9.10. The van der Waals surface area contributed by atoms with Crippen molar-refractivity contribution in [2.24, 2.45) is 0 Å². The van der Waals surface area contributed by atoms with Crippen molar-refractivity contribution in [1.29, 1.82) is 0 Å². The average Bonchev–Trinajstić information content (AvgIpc) is 3.08. The third-order valence-electron chi connectivity index (χ3n) is 3.23. The summed E-state index contributed by atoms with van der Waals surface area (Å²) in [5, 5.41) is 9.70. The molecule has 6 nitrogen and oxygen atoms in total. The molecule has 0 aliphatic heterocycles. The Balaban J connectivity index is 1.47. The van der Waals surface area contributed by atoms with E-state index in [9.17, 15) is 4.79 Å². The van der Waals surface area contributed by atoms with Crippen LogP contribution >= 0.6 is 15.9 Å². The molecule has 0 radical (unpaired) electrons. The van der Waals surface area contributed by atoms with Crippen molar-refractivity contribution >= 4 is 27.8 Å². The molecule has 3 aromatic rings. The maximum Gasteiger partial charge on any atom is 0.263 e. The Morgan fingerprint density at radius 1 is 1.08 bits per heavy atom.